The molecule has 1 heterocycles. The molecular formula is C12H12FN3O. The highest BCUT2D eigenvalue weighted by molar-refractivity contribution is 5.47. The number of aryl methyl sites for hydroxylation is 1. The number of benzene rings is 1. The monoisotopic (exact) mass is 233 g/mol. The Labute approximate surface area is 98.2 Å². The number of rotatable bonds is 3. The number of nitrogens with zero attached hydrogens (tertiary/aromatic N) is 1. The molecule has 0 fully saturated rings. The van der Waals surface area contributed by atoms with Gasteiger partial charge in [0.15, 0.2) is 0 Å². The number of ether oxygens (including phenoxy) is 1. The van der Waals surface area contributed by atoms with Crippen LogP contribution in [0.5, 0.6) is 11.6 Å². The van der Waals surface area contributed by atoms with Crippen LogP contribution in [0.3, 0.4) is 0 Å². The van der Waals surface area contributed by atoms with E-state index in [0.29, 0.717) is 11.6 Å². The highest BCUT2D eigenvalue weighted by Crippen LogP contribution is 2.22. The Balaban J connectivity index is 2.19. The van der Waals surface area contributed by atoms with Crippen LogP contribution < -0.4 is 16.0 Å². The quantitative estimate of drug-likeness (QED) is 0.632. The number of hydrogen-bond acceptors (Lipinski definition) is 4. The van der Waals surface area contributed by atoms with Crippen LogP contribution in [0.1, 0.15) is 5.69 Å². The molecule has 5 heteroatoms. The van der Waals surface area contributed by atoms with E-state index in [1.165, 1.54) is 12.1 Å². The van der Waals surface area contributed by atoms with E-state index in [2.05, 4.69) is 10.4 Å². The third-order valence-corrected chi connectivity index (χ3v) is 2.25. The number of aromatic nitrogens is 1. The predicted octanol–water partition coefficient (Wildman–Crippen LogP) is 2.61. The Bertz CT molecular complexity index is 514. The largest absolute Gasteiger partial charge is 0.439 e. The summed E-state index contributed by atoms with van der Waals surface area (Å²) in [6.45, 7) is 1.81. The lowest BCUT2D eigenvalue weighted by molar-refractivity contribution is 0.460. The van der Waals surface area contributed by atoms with Crippen molar-refractivity contribution < 1.29 is 9.13 Å². The van der Waals surface area contributed by atoms with E-state index in [9.17, 15) is 4.39 Å². The van der Waals surface area contributed by atoms with Gasteiger partial charge in [-0.15, -0.1) is 0 Å². The van der Waals surface area contributed by atoms with Crippen LogP contribution in [0.4, 0.5) is 10.1 Å². The number of hydrazine groups is 1. The molecule has 0 unspecified atom stereocenters. The third-order valence-electron chi connectivity index (χ3n) is 2.25. The van der Waals surface area contributed by atoms with Crippen LogP contribution in [0, 0.1) is 12.7 Å². The van der Waals surface area contributed by atoms with E-state index in [4.69, 9.17) is 10.6 Å². The van der Waals surface area contributed by atoms with Gasteiger partial charge in [-0.2, -0.15) is 0 Å². The minimum absolute atomic E-state index is 0.302. The molecule has 0 spiro atoms. The van der Waals surface area contributed by atoms with Crippen LogP contribution >= 0.6 is 0 Å². The summed E-state index contributed by atoms with van der Waals surface area (Å²) in [7, 11) is 0. The minimum Gasteiger partial charge on any atom is -0.439 e. The Morgan fingerprint density at radius 1 is 1.18 bits per heavy atom. The zero-order valence-corrected chi connectivity index (χ0v) is 9.27. The van der Waals surface area contributed by atoms with Gasteiger partial charge in [0.25, 0.3) is 0 Å². The maximum atomic E-state index is 12.7. The summed E-state index contributed by atoms with van der Waals surface area (Å²) in [5, 5.41) is 0. The Morgan fingerprint density at radius 3 is 2.47 bits per heavy atom. The fourth-order valence-electron chi connectivity index (χ4n) is 1.37. The summed E-state index contributed by atoms with van der Waals surface area (Å²) >= 11 is 0. The predicted molar refractivity (Wildman–Crippen MR) is 63.3 cm³/mol. The first-order valence-electron chi connectivity index (χ1n) is 5.07. The van der Waals surface area contributed by atoms with Crippen LogP contribution in [0.25, 0.3) is 0 Å². The molecule has 0 radical (unpaired) electrons. The van der Waals surface area contributed by atoms with Crippen molar-refractivity contribution in [3.05, 3.63) is 47.9 Å². The van der Waals surface area contributed by atoms with Gasteiger partial charge in [-0.3, -0.25) is 5.84 Å². The Hall–Kier alpha value is -2.14. The Kier molecular flexibility index (Phi) is 3.20. The maximum absolute atomic E-state index is 12.7. The maximum Gasteiger partial charge on any atom is 0.219 e. The van der Waals surface area contributed by atoms with E-state index >= 15 is 0 Å². The van der Waals surface area contributed by atoms with Gasteiger partial charge in [0.1, 0.15) is 11.6 Å². The fourth-order valence-corrected chi connectivity index (χ4v) is 1.37. The van der Waals surface area contributed by atoms with Crippen LogP contribution in [0.2, 0.25) is 0 Å². The van der Waals surface area contributed by atoms with Crippen molar-refractivity contribution in [2.75, 3.05) is 5.43 Å². The van der Waals surface area contributed by atoms with E-state index in [1.54, 1.807) is 24.3 Å². The third kappa shape index (κ3) is 2.70. The molecule has 2 aromatic rings. The van der Waals surface area contributed by atoms with E-state index < -0.39 is 0 Å². The van der Waals surface area contributed by atoms with Gasteiger partial charge in [0.2, 0.25) is 5.88 Å². The number of nitrogens with one attached hydrogen (secondary N) is 1. The summed E-state index contributed by atoms with van der Waals surface area (Å²) in [5.74, 6) is 5.97. The highest BCUT2D eigenvalue weighted by atomic mass is 19.1. The zero-order valence-electron chi connectivity index (χ0n) is 9.27. The summed E-state index contributed by atoms with van der Waals surface area (Å²) < 4.78 is 18.2. The molecule has 88 valence electrons. The number of anilines is 1. The van der Waals surface area contributed by atoms with Gasteiger partial charge in [0, 0.05) is 6.07 Å². The molecule has 0 aliphatic rings. The van der Waals surface area contributed by atoms with Gasteiger partial charge in [0.05, 0.1) is 11.4 Å². The molecule has 4 nitrogen and oxygen atoms in total. The molecule has 0 atom stereocenters. The molecule has 0 amide bonds. The zero-order chi connectivity index (χ0) is 12.3. The lowest BCUT2D eigenvalue weighted by Crippen LogP contribution is -2.08. The molecule has 1 aromatic carbocycles. The van der Waals surface area contributed by atoms with Crippen LogP contribution in [-0.4, -0.2) is 4.98 Å². The second-order valence-corrected chi connectivity index (χ2v) is 3.48. The van der Waals surface area contributed by atoms with Crippen molar-refractivity contribution in [3.63, 3.8) is 0 Å². The van der Waals surface area contributed by atoms with E-state index in [0.717, 1.165) is 11.4 Å². The normalized spacial score (nSPS) is 10.1. The molecule has 0 bridgehead atoms. The molecule has 3 N–H and O–H groups in total. The van der Waals surface area contributed by atoms with Crippen molar-refractivity contribution in [2.45, 2.75) is 6.92 Å². The molecule has 0 saturated heterocycles. The van der Waals surface area contributed by atoms with Crippen molar-refractivity contribution in [1.29, 1.82) is 0 Å². The SMILES string of the molecule is Cc1nc(Oc2ccc(F)cc2)ccc1NN. The number of nitrogens with two attached hydrogens (primary N) is 1. The summed E-state index contributed by atoms with van der Waals surface area (Å²) in [6, 6.07) is 9.20. The smallest absolute Gasteiger partial charge is 0.219 e. The van der Waals surface area contributed by atoms with Crippen LogP contribution in [0.15, 0.2) is 36.4 Å². The molecule has 0 aliphatic heterocycles. The lowest BCUT2D eigenvalue weighted by Gasteiger charge is -2.08. The van der Waals surface area contributed by atoms with Gasteiger partial charge in [-0.25, -0.2) is 9.37 Å². The first kappa shape index (κ1) is 11.3. The van der Waals surface area contributed by atoms with Gasteiger partial charge < -0.3 is 10.2 Å². The molecule has 0 aliphatic carbocycles. The minimum atomic E-state index is -0.302. The summed E-state index contributed by atoms with van der Waals surface area (Å²) in [6.07, 6.45) is 0. The van der Waals surface area contributed by atoms with Gasteiger partial charge in [-0.1, -0.05) is 0 Å². The highest BCUT2D eigenvalue weighted by Gasteiger charge is 2.02. The molecule has 0 saturated carbocycles. The van der Waals surface area contributed by atoms with E-state index in [1.807, 2.05) is 6.92 Å². The lowest BCUT2D eigenvalue weighted by atomic mass is 10.3. The van der Waals surface area contributed by atoms with Gasteiger partial charge in [-0.05, 0) is 37.3 Å². The van der Waals surface area contributed by atoms with E-state index in [-0.39, 0.29) is 5.82 Å². The summed E-state index contributed by atoms with van der Waals surface area (Å²) in [4.78, 5) is 4.20. The second kappa shape index (κ2) is 4.80. The van der Waals surface area contributed by atoms with Gasteiger partial charge >= 0.3 is 0 Å². The van der Waals surface area contributed by atoms with Crippen LogP contribution in [-0.2, 0) is 0 Å². The molecule has 2 rings (SSSR count). The Morgan fingerprint density at radius 2 is 1.88 bits per heavy atom. The number of halogens is 1. The first-order valence-corrected chi connectivity index (χ1v) is 5.07. The number of pyridine rings is 1. The van der Waals surface area contributed by atoms with Crippen molar-refractivity contribution in [2.24, 2.45) is 5.84 Å². The number of nitrogen functional groups attached to an aromatic ring is 1. The number of hydrogen-bond donors (Lipinski definition) is 2. The average Bonchev–Trinajstić information content (AvgIpc) is 2.32. The standard InChI is InChI=1S/C12H12FN3O/c1-8-11(16-14)6-7-12(15-8)17-10-4-2-9(13)3-5-10/h2-7,16H,14H2,1H3. The van der Waals surface area contributed by atoms with Crippen molar-refractivity contribution in [3.8, 4) is 11.6 Å². The fraction of sp³-hybridized carbons (Fsp3) is 0.0833. The average molecular weight is 233 g/mol. The molecular weight excluding hydrogens is 221 g/mol. The second-order valence-electron chi connectivity index (χ2n) is 3.48. The topological polar surface area (TPSA) is 60.2 Å². The van der Waals surface area contributed by atoms with Crippen molar-refractivity contribution in [1.82, 2.24) is 4.98 Å². The molecule has 17 heavy (non-hydrogen) atoms. The summed E-state index contributed by atoms with van der Waals surface area (Å²) in [5.41, 5.74) is 3.99. The van der Waals surface area contributed by atoms with Crippen molar-refractivity contribution >= 4 is 5.69 Å². The first-order chi connectivity index (χ1) is 8.19. The molecule has 1 aromatic heterocycles.